The summed E-state index contributed by atoms with van der Waals surface area (Å²) < 4.78 is 5.25. The van der Waals surface area contributed by atoms with Gasteiger partial charge in [-0.05, 0) is 13.0 Å². The number of hydrogen-bond acceptors (Lipinski definition) is 5. The first-order valence-electron chi connectivity index (χ1n) is 6.74. The minimum Gasteiger partial charge on any atom is -0.496 e. The summed E-state index contributed by atoms with van der Waals surface area (Å²) in [6, 6.07) is 0. The Kier molecular flexibility index (Phi) is 2.68. The van der Waals surface area contributed by atoms with Gasteiger partial charge in [-0.25, -0.2) is 0 Å². The number of amides is 1. The van der Waals surface area contributed by atoms with Gasteiger partial charge in [-0.2, -0.15) is 0 Å². The van der Waals surface area contributed by atoms with Crippen molar-refractivity contribution in [2.45, 2.75) is 31.6 Å². The molecule has 3 aliphatic heterocycles. The third-order valence-electron chi connectivity index (χ3n) is 4.91. The molecule has 3 heterocycles. The number of rotatable bonds is 1. The summed E-state index contributed by atoms with van der Waals surface area (Å²) in [5.41, 5.74) is 0.551. The van der Waals surface area contributed by atoms with E-state index in [-0.39, 0.29) is 17.6 Å². The Hall–Kier alpha value is -1.53. The highest BCUT2D eigenvalue weighted by Crippen LogP contribution is 2.49. The van der Waals surface area contributed by atoms with E-state index in [2.05, 4.69) is 0 Å². The molecule has 3 aliphatic rings. The summed E-state index contributed by atoms with van der Waals surface area (Å²) in [5, 5.41) is 20.6. The van der Waals surface area contributed by atoms with E-state index in [1.54, 1.807) is 18.0 Å². The maximum absolute atomic E-state index is 12.5. The van der Waals surface area contributed by atoms with Crippen LogP contribution in [0.2, 0.25) is 0 Å². The molecule has 2 fully saturated rings. The van der Waals surface area contributed by atoms with Crippen molar-refractivity contribution >= 4 is 5.91 Å². The molecule has 110 valence electrons. The Morgan fingerprint density at radius 1 is 1.45 bits per heavy atom. The maximum atomic E-state index is 12.5. The van der Waals surface area contributed by atoms with Crippen molar-refractivity contribution in [2.24, 2.45) is 5.92 Å². The number of carbonyl (C=O) groups excluding carboxylic acids is 1. The second-order valence-electron chi connectivity index (χ2n) is 6.04. The number of aliphatic hydroxyl groups excluding tert-OH is 2. The van der Waals surface area contributed by atoms with Crippen molar-refractivity contribution in [1.29, 1.82) is 0 Å². The molecule has 0 bridgehead atoms. The van der Waals surface area contributed by atoms with Gasteiger partial charge >= 0.3 is 0 Å². The summed E-state index contributed by atoms with van der Waals surface area (Å²) in [7, 11) is 3.17. The minimum atomic E-state index is -0.999. The highest BCUT2D eigenvalue weighted by Gasteiger charge is 2.59. The molecule has 0 aromatic rings. The third-order valence-corrected chi connectivity index (χ3v) is 4.91. The van der Waals surface area contributed by atoms with E-state index in [9.17, 15) is 15.0 Å². The number of piperazine rings is 1. The van der Waals surface area contributed by atoms with Gasteiger partial charge in [0.05, 0.1) is 18.8 Å². The number of carbonyl (C=O) groups is 1. The Morgan fingerprint density at radius 3 is 2.70 bits per heavy atom. The van der Waals surface area contributed by atoms with Crippen molar-refractivity contribution in [3.63, 3.8) is 0 Å². The molecule has 1 amide bonds. The van der Waals surface area contributed by atoms with Gasteiger partial charge in [0, 0.05) is 25.2 Å². The highest BCUT2D eigenvalue weighted by atomic mass is 16.5. The average Bonchev–Trinajstić information content (AvgIpc) is 2.58. The van der Waals surface area contributed by atoms with Gasteiger partial charge < -0.3 is 24.7 Å². The Bertz CT molecular complexity index is 541. The van der Waals surface area contributed by atoms with Crippen molar-refractivity contribution in [1.82, 2.24) is 9.80 Å². The van der Waals surface area contributed by atoms with E-state index in [1.807, 2.05) is 18.7 Å². The van der Waals surface area contributed by atoms with Gasteiger partial charge in [0.25, 0.3) is 5.91 Å². The number of aliphatic hydroxyl groups is 2. The number of methoxy groups -OCH3 is 1. The molecule has 0 aromatic carbocycles. The SMILES string of the molecule is COC1=C2C(=O)N(C)CC3(C)C(C)C(O)C(=CC1O)N23. The molecule has 2 saturated heterocycles. The molecule has 0 aromatic heterocycles. The highest BCUT2D eigenvalue weighted by molar-refractivity contribution is 5.95. The standard InChI is InChI=1S/C14H20N2O4/c1-7-11(18)8-5-9(17)12(20-4)10-13(19)15(3)6-14(7,2)16(8)10/h5,7,9,11,17-18H,6H2,1-4H3. The quantitative estimate of drug-likeness (QED) is 0.686. The topological polar surface area (TPSA) is 73.2 Å². The van der Waals surface area contributed by atoms with E-state index >= 15 is 0 Å². The molecular formula is C14H20N2O4. The van der Waals surface area contributed by atoms with Crippen molar-refractivity contribution in [3.8, 4) is 0 Å². The number of likely N-dealkylation sites (N-methyl/N-ethyl adjacent to an activating group) is 1. The summed E-state index contributed by atoms with van der Waals surface area (Å²) >= 11 is 0. The number of nitrogens with zero attached hydrogens (tertiary/aromatic N) is 2. The van der Waals surface area contributed by atoms with Crippen LogP contribution in [0.5, 0.6) is 0 Å². The zero-order valence-corrected chi connectivity index (χ0v) is 12.1. The number of hydrogen-bond donors (Lipinski definition) is 2. The minimum absolute atomic E-state index is 0.0530. The van der Waals surface area contributed by atoms with Crippen LogP contribution in [0.1, 0.15) is 13.8 Å². The fourth-order valence-corrected chi connectivity index (χ4v) is 3.64. The van der Waals surface area contributed by atoms with E-state index in [0.29, 0.717) is 17.9 Å². The van der Waals surface area contributed by atoms with Crippen LogP contribution in [-0.4, -0.2) is 64.4 Å². The van der Waals surface area contributed by atoms with Gasteiger partial charge in [0.2, 0.25) is 0 Å². The van der Waals surface area contributed by atoms with E-state index in [0.717, 1.165) is 0 Å². The zero-order chi connectivity index (χ0) is 14.8. The van der Waals surface area contributed by atoms with Crippen LogP contribution >= 0.6 is 0 Å². The molecule has 20 heavy (non-hydrogen) atoms. The zero-order valence-electron chi connectivity index (χ0n) is 12.1. The van der Waals surface area contributed by atoms with Crippen LogP contribution in [0.25, 0.3) is 0 Å². The van der Waals surface area contributed by atoms with Gasteiger partial charge in [-0.15, -0.1) is 0 Å². The van der Waals surface area contributed by atoms with Gasteiger partial charge in [-0.3, -0.25) is 4.79 Å². The van der Waals surface area contributed by atoms with Crippen LogP contribution in [0.3, 0.4) is 0 Å². The van der Waals surface area contributed by atoms with Crippen LogP contribution < -0.4 is 0 Å². The summed E-state index contributed by atoms with van der Waals surface area (Å²) in [6.07, 6.45) is -0.115. The first-order chi connectivity index (χ1) is 9.32. The van der Waals surface area contributed by atoms with Crippen molar-refractivity contribution < 1.29 is 19.7 Å². The van der Waals surface area contributed by atoms with Crippen LogP contribution in [0, 0.1) is 5.92 Å². The lowest BCUT2D eigenvalue weighted by Gasteiger charge is -2.49. The van der Waals surface area contributed by atoms with Crippen LogP contribution in [0.15, 0.2) is 23.2 Å². The lowest BCUT2D eigenvalue weighted by Crippen LogP contribution is -2.60. The Balaban J connectivity index is 2.24. The summed E-state index contributed by atoms with van der Waals surface area (Å²) in [4.78, 5) is 16.0. The first kappa shape index (κ1) is 13.5. The molecule has 4 atom stereocenters. The molecule has 3 rings (SSSR count). The predicted octanol–water partition coefficient (Wildman–Crippen LogP) is -0.354. The molecule has 2 N–H and O–H groups in total. The van der Waals surface area contributed by atoms with Gasteiger partial charge in [-0.1, -0.05) is 6.92 Å². The monoisotopic (exact) mass is 280 g/mol. The molecule has 0 aliphatic carbocycles. The predicted molar refractivity (Wildman–Crippen MR) is 71.2 cm³/mol. The Labute approximate surface area is 117 Å². The van der Waals surface area contributed by atoms with Gasteiger partial charge in [0.15, 0.2) is 5.76 Å². The fourth-order valence-electron chi connectivity index (χ4n) is 3.64. The molecular weight excluding hydrogens is 260 g/mol. The lowest BCUT2D eigenvalue weighted by molar-refractivity contribution is -0.134. The van der Waals surface area contributed by atoms with E-state index in [4.69, 9.17) is 4.74 Å². The van der Waals surface area contributed by atoms with Gasteiger partial charge in [0.1, 0.15) is 11.8 Å². The van der Waals surface area contributed by atoms with Crippen molar-refractivity contribution in [2.75, 3.05) is 20.7 Å². The normalized spacial score (nSPS) is 40.0. The summed E-state index contributed by atoms with van der Waals surface area (Å²) in [5.74, 6) is 0.00538. The largest absolute Gasteiger partial charge is 0.496 e. The average molecular weight is 280 g/mol. The first-order valence-corrected chi connectivity index (χ1v) is 6.74. The molecule has 0 radical (unpaired) electrons. The molecule has 4 unspecified atom stereocenters. The lowest BCUT2D eigenvalue weighted by atomic mass is 9.84. The van der Waals surface area contributed by atoms with Crippen LogP contribution in [-0.2, 0) is 9.53 Å². The second kappa shape index (κ2) is 3.99. The molecule has 6 nitrogen and oxygen atoms in total. The van der Waals surface area contributed by atoms with E-state index in [1.165, 1.54) is 7.11 Å². The molecule has 0 saturated carbocycles. The van der Waals surface area contributed by atoms with Crippen LogP contribution in [0.4, 0.5) is 0 Å². The molecule has 0 spiro atoms. The maximum Gasteiger partial charge on any atom is 0.273 e. The summed E-state index contributed by atoms with van der Waals surface area (Å²) in [6.45, 7) is 4.51. The van der Waals surface area contributed by atoms with Crippen molar-refractivity contribution in [3.05, 3.63) is 23.2 Å². The second-order valence-corrected chi connectivity index (χ2v) is 6.04. The third kappa shape index (κ3) is 1.38. The smallest absolute Gasteiger partial charge is 0.273 e. The number of ether oxygens (including phenoxy) is 1. The van der Waals surface area contributed by atoms with E-state index < -0.39 is 17.7 Å². The molecule has 6 heteroatoms. The fraction of sp³-hybridized carbons (Fsp3) is 0.643. The Morgan fingerprint density at radius 2 is 2.10 bits per heavy atom.